The molecule has 0 saturated heterocycles. The van der Waals surface area contributed by atoms with Crippen LogP contribution in [0.25, 0.3) is 22.4 Å². The number of nitrogens with zero attached hydrogens (tertiary/aromatic N) is 3. The summed E-state index contributed by atoms with van der Waals surface area (Å²) in [6.45, 7) is 6.55. The lowest BCUT2D eigenvalue weighted by atomic mass is 10.1. The number of hydrogen-bond donors (Lipinski definition) is 0. The monoisotopic (exact) mass is 275 g/mol. The van der Waals surface area contributed by atoms with Crippen molar-refractivity contribution in [3.63, 3.8) is 0 Å². The van der Waals surface area contributed by atoms with E-state index in [1.807, 2.05) is 4.57 Å². The van der Waals surface area contributed by atoms with E-state index in [0.29, 0.717) is 6.54 Å². The third-order valence-electron chi connectivity index (χ3n) is 3.90. The Kier molecular flexibility index (Phi) is 3.23. The Morgan fingerprint density at radius 3 is 2.38 bits per heavy atom. The second-order valence-corrected chi connectivity index (χ2v) is 5.47. The van der Waals surface area contributed by atoms with E-state index in [9.17, 15) is 0 Å². The van der Waals surface area contributed by atoms with Gasteiger partial charge in [0.1, 0.15) is 12.4 Å². The minimum absolute atomic E-state index is 0.308. The Labute approximate surface area is 124 Å². The maximum atomic E-state index is 9.14. The lowest BCUT2D eigenvalue weighted by Gasteiger charge is -2.06. The molecule has 0 radical (unpaired) electrons. The normalized spacial score (nSPS) is 10.8. The molecule has 0 N–H and O–H groups in total. The molecule has 0 unspecified atom stereocenters. The zero-order chi connectivity index (χ0) is 15.0. The van der Waals surface area contributed by atoms with Crippen LogP contribution in [-0.2, 0) is 6.54 Å². The second-order valence-electron chi connectivity index (χ2n) is 5.47. The van der Waals surface area contributed by atoms with Crippen molar-refractivity contribution >= 4 is 11.0 Å². The smallest absolute Gasteiger partial charge is 0.142 e. The number of rotatable bonds is 2. The molecule has 0 bridgehead atoms. The molecule has 1 aromatic heterocycles. The first-order valence-corrected chi connectivity index (χ1v) is 7.01. The molecule has 0 amide bonds. The SMILES string of the molecule is Cc1ccc(-c2nc3cc(C)c(C)cc3n2CC#N)cc1. The molecule has 0 aliphatic rings. The minimum Gasteiger partial charge on any atom is -0.310 e. The fourth-order valence-corrected chi connectivity index (χ4v) is 2.53. The zero-order valence-corrected chi connectivity index (χ0v) is 12.5. The van der Waals surface area contributed by atoms with E-state index in [1.54, 1.807) is 0 Å². The molecule has 104 valence electrons. The molecular weight excluding hydrogens is 258 g/mol. The van der Waals surface area contributed by atoms with Crippen LogP contribution in [0.15, 0.2) is 36.4 Å². The van der Waals surface area contributed by atoms with E-state index in [4.69, 9.17) is 10.2 Å². The van der Waals surface area contributed by atoms with Crippen LogP contribution in [0, 0.1) is 32.1 Å². The summed E-state index contributed by atoms with van der Waals surface area (Å²) < 4.78 is 1.99. The van der Waals surface area contributed by atoms with Crippen LogP contribution in [0.1, 0.15) is 16.7 Å². The molecule has 0 saturated carbocycles. The second kappa shape index (κ2) is 5.06. The molecule has 3 heteroatoms. The Morgan fingerprint density at radius 1 is 1.05 bits per heavy atom. The number of aryl methyl sites for hydroxylation is 3. The highest BCUT2D eigenvalue weighted by atomic mass is 15.1. The van der Waals surface area contributed by atoms with Crippen LogP contribution in [0.5, 0.6) is 0 Å². The van der Waals surface area contributed by atoms with Crippen molar-refractivity contribution in [2.45, 2.75) is 27.3 Å². The molecule has 3 rings (SSSR count). The Hall–Kier alpha value is -2.60. The fraction of sp³-hybridized carbons (Fsp3) is 0.222. The van der Waals surface area contributed by atoms with Gasteiger partial charge >= 0.3 is 0 Å². The van der Waals surface area contributed by atoms with E-state index >= 15 is 0 Å². The van der Waals surface area contributed by atoms with Crippen LogP contribution in [0.3, 0.4) is 0 Å². The van der Waals surface area contributed by atoms with Gasteiger partial charge in [0.15, 0.2) is 0 Å². The molecule has 3 aromatic rings. The molecule has 0 fully saturated rings. The minimum atomic E-state index is 0.308. The van der Waals surface area contributed by atoms with Crippen molar-refractivity contribution in [3.8, 4) is 17.5 Å². The van der Waals surface area contributed by atoms with E-state index in [0.717, 1.165) is 22.4 Å². The highest BCUT2D eigenvalue weighted by Gasteiger charge is 2.13. The predicted octanol–water partition coefficient (Wildman–Crippen LogP) is 4.15. The molecular formula is C18H17N3. The largest absolute Gasteiger partial charge is 0.310 e. The number of fused-ring (bicyclic) bond motifs is 1. The maximum absolute atomic E-state index is 9.14. The lowest BCUT2D eigenvalue weighted by Crippen LogP contribution is -1.99. The third kappa shape index (κ3) is 2.30. The van der Waals surface area contributed by atoms with Crippen LogP contribution in [-0.4, -0.2) is 9.55 Å². The first-order chi connectivity index (χ1) is 10.1. The van der Waals surface area contributed by atoms with Gasteiger partial charge in [0.25, 0.3) is 0 Å². The number of benzene rings is 2. The van der Waals surface area contributed by atoms with E-state index in [2.05, 4.69) is 63.2 Å². The molecule has 2 aromatic carbocycles. The average Bonchev–Trinajstić information content (AvgIpc) is 2.79. The number of hydrogen-bond acceptors (Lipinski definition) is 2. The summed E-state index contributed by atoms with van der Waals surface area (Å²) in [6.07, 6.45) is 0. The lowest BCUT2D eigenvalue weighted by molar-refractivity contribution is 0.870. The molecule has 0 aliphatic heterocycles. The number of aromatic nitrogens is 2. The van der Waals surface area contributed by atoms with Crippen LogP contribution >= 0.6 is 0 Å². The van der Waals surface area contributed by atoms with Gasteiger partial charge in [-0.2, -0.15) is 5.26 Å². The summed E-state index contributed by atoms with van der Waals surface area (Å²) in [5.41, 5.74) is 6.67. The van der Waals surface area contributed by atoms with E-state index in [-0.39, 0.29) is 0 Å². The van der Waals surface area contributed by atoms with E-state index < -0.39 is 0 Å². The third-order valence-corrected chi connectivity index (χ3v) is 3.90. The molecule has 0 spiro atoms. The Bertz CT molecular complexity index is 849. The standard InChI is InChI=1S/C18H17N3/c1-12-4-6-15(7-5-12)18-20-16-10-13(2)14(3)11-17(16)21(18)9-8-19/h4-7,10-11H,9H2,1-3H3. The number of imidazole rings is 1. The van der Waals surface area contributed by atoms with Gasteiger partial charge in [-0.15, -0.1) is 0 Å². The predicted molar refractivity (Wildman–Crippen MR) is 85.0 cm³/mol. The summed E-state index contributed by atoms with van der Waals surface area (Å²) in [5, 5.41) is 9.14. The van der Waals surface area contributed by atoms with Gasteiger partial charge in [-0.1, -0.05) is 29.8 Å². The van der Waals surface area contributed by atoms with Crippen molar-refractivity contribution in [2.75, 3.05) is 0 Å². The summed E-state index contributed by atoms with van der Waals surface area (Å²) in [4.78, 5) is 4.74. The summed E-state index contributed by atoms with van der Waals surface area (Å²) in [5.74, 6) is 0.858. The van der Waals surface area contributed by atoms with Crippen molar-refractivity contribution in [2.24, 2.45) is 0 Å². The summed E-state index contributed by atoms with van der Waals surface area (Å²) >= 11 is 0. The van der Waals surface area contributed by atoms with Gasteiger partial charge < -0.3 is 4.57 Å². The first kappa shape index (κ1) is 13.4. The van der Waals surface area contributed by atoms with Crippen LogP contribution in [0.4, 0.5) is 0 Å². The van der Waals surface area contributed by atoms with Crippen molar-refractivity contribution in [1.29, 1.82) is 5.26 Å². The topological polar surface area (TPSA) is 41.6 Å². The van der Waals surface area contributed by atoms with Gasteiger partial charge in [0, 0.05) is 5.56 Å². The summed E-state index contributed by atoms with van der Waals surface area (Å²) in [7, 11) is 0. The van der Waals surface area contributed by atoms with Gasteiger partial charge in [0.05, 0.1) is 17.1 Å². The molecule has 1 heterocycles. The van der Waals surface area contributed by atoms with Gasteiger partial charge in [0.2, 0.25) is 0 Å². The van der Waals surface area contributed by atoms with E-state index in [1.165, 1.54) is 16.7 Å². The highest BCUT2D eigenvalue weighted by molar-refractivity contribution is 5.82. The van der Waals surface area contributed by atoms with Crippen molar-refractivity contribution < 1.29 is 0 Å². The fourth-order valence-electron chi connectivity index (χ4n) is 2.53. The van der Waals surface area contributed by atoms with Crippen molar-refractivity contribution in [3.05, 3.63) is 53.1 Å². The van der Waals surface area contributed by atoms with Crippen LogP contribution < -0.4 is 0 Å². The average molecular weight is 275 g/mol. The summed E-state index contributed by atoms with van der Waals surface area (Å²) in [6, 6.07) is 14.7. The molecule has 0 aliphatic carbocycles. The van der Waals surface area contributed by atoms with Gasteiger partial charge in [-0.25, -0.2) is 4.98 Å². The zero-order valence-electron chi connectivity index (χ0n) is 12.5. The quantitative estimate of drug-likeness (QED) is 0.705. The molecule has 3 nitrogen and oxygen atoms in total. The van der Waals surface area contributed by atoms with Crippen molar-refractivity contribution in [1.82, 2.24) is 9.55 Å². The number of nitriles is 1. The van der Waals surface area contributed by atoms with Gasteiger partial charge in [-0.3, -0.25) is 0 Å². The molecule has 0 atom stereocenters. The van der Waals surface area contributed by atoms with Crippen LogP contribution in [0.2, 0.25) is 0 Å². The molecule has 21 heavy (non-hydrogen) atoms. The first-order valence-electron chi connectivity index (χ1n) is 7.01. The Morgan fingerprint density at radius 2 is 1.71 bits per heavy atom. The highest BCUT2D eigenvalue weighted by Crippen LogP contribution is 2.27. The maximum Gasteiger partial charge on any atom is 0.142 e. The Balaban J connectivity index is 2.29. The van der Waals surface area contributed by atoms with Gasteiger partial charge in [-0.05, 0) is 44.0 Å².